The highest BCUT2D eigenvalue weighted by atomic mass is 15.4. The maximum Gasteiger partial charge on any atom is 0.0725 e. The van der Waals surface area contributed by atoms with E-state index in [0.717, 1.165) is 99.2 Å². The summed E-state index contributed by atoms with van der Waals surface area (Å²) in [5.74, 6) is 6.44. The number of unbranched alkanes of at least 4 members (excludes halogenated alkanes) is 10. The first-order valence-electron chi connectivity index (χ1n) is 31.9. The Bertz CT molecular complexity index is 1710. The van der Waals surface area contributed by atoms with E-state index in [9.17, 15) is 0 Å². The lowest BCUT2D eigenvalue weighted by molar-refractivity contribution is 0.474. The molecule has 12 nitrogen and oxygen atoms in total. The van der Waals surface area contributed by atoms with E-state index in [1.165, 1.54) is 177 Å². The van der Waals surface area contributed by atoms with E-state index in [0.29, 0.717) is 0 Å². The van der Waals surface area contributed by atoms with Gasteiger partial charge in [-0.1, -0.05) is 234 Å². The fourth-order valence-corrected chi connectivity index (χ4v) is 9.22. The van der Waals surface area contributed by atoms with Gasteiger partial charge in [0.2, 0.25) is 0 Å². The lowest BCUT2D eigenvalue weighted by atomic mass is 10.0. The molecule has 0 atom stereocenters. The Morgan fingerprint density at radius 3 is 0.671 bits per heavy atom. The van der Waals surface area contributed by atoms with Crippen molar-refractivity contribution in [1.29, 1.82) is 0 Å². The van der Waals surface area contributed by atoms with Crippen LogP contribution in [0.15, 0.2) is 24.8 Å². The molecule has 4 rings (SSSR count). The molecule has 0 fully saturated rings. The third-order valence-electron chi connectivity index (χ3n) is 14.3. The SMILES string of the molecule is CC(C)CCCCCCn1nncc1CCC(C)C.CC(C)CCCCCCn1nncc1CCC(C)C.CC(C)CCCCCn1nncc1CCCC(C)C.CC(C)CCCCCn1nncc1CCCC(C)C. The van der Waals surface area contributed by atoms with Crippen LogP contribution in [-0.2, 0) is 51.9 Å². The topological polar surface area (TPSA) is 123 Å². The molecule has 0 spiro atoms. The molecule has 0 bridgehead atoms. The molecule has 0 unspecified atom stereocenters. The Morgan fingerprint density at radius 2 is 0.434 bits per heavy atom. The quantitative estimate of drug-likeness (QED) is 0.0404. The second-order valence-corrected chi connectivity index (χ2v) is 25.9. The predicted molar refractivity (Wildman–Crippen MR) is 324 cm³/mol. The van der Waals surface area contributed by atoms with Crippen LogP contribution in [0.2, 0.25) is 0 Å². The van der Waals surface area contributed by atoms with E-state index in [1.54, 1.807) is 0 Å². The number of hydrogen-bond acceptors (Lipinski definition) is 8. The molecular formula is C64H124N12. The number of rotatable bonds is 40. The molecule has 76 heavy (non-hydrogen) atoms. The standard InChI is InChI=1S/4C16H31N3/c2*1-14(2)9-6-5-7-12-19-16(13-17-18-19)11-8-10-15(3)4;2*1-14(2)9-7-5-6-8-12-19-16(13-17-18-19)11-10-15(3)4/h4*13-15H,5-12H2,1-4H3. The van der Waals surface area contributed by atoms with Crippen LogP contribution in [0.25, 0.3) is 0 Å². The first-order chi connectivity index (χ1) is 36.4. The van der Waals surface area contributed by atoms with E-state index in [4.69, 9.17) is 0 Å². The molecular weight excluding hydrogens is 937 g/mol. The van der Waals surface area contributed by atoms with Crippen molar-refractivity contribution < 1.29 is 0 Å². The average molecular weight is 1060 g/mol. The summed E-state index contributed by atoms with van der Waals surface area (Å²) in [5.41, 5.74) is 5.22. The van der Waals surface area contributed by atoms with Crippen LogP contribution in [0, 0.1) is 47.3 Å². The second kappa shape index (κ2) is 45.4. The van der Waals surface area contributed by atoms with Crippen LogP contribution in [0.5, 0.6) is 0 Å². The largest absolute Gasteiger partial charge is 0.249 e. The maximum absolute atomic E-state index is 4.21. The second-order valence-electron chi connectivity index (χ2n) is 25.9. The summed E-state index contributed by atoms with van der Waals surface area (Å²) < 4.78 is 8.42. The van der Waals surface area contributed by atoms with E-state index in [2.05, 4.69) is 171 Å². The maximum atomic E-state index is 4.21. The zero-order valence-corrected chi connectivity index (χ0v) is 52.9. The third kappa shape index (κ3) is 39.9. The summed E-state index contributed by atoms with van der Waals surface area (Å²) >= 11 is 0. The van der Waals surface area contributed by atoms with Crippen molar-refractivity contribution in [2.75, 3.05) is 0 Å². The molecule has 4 heterocycles. The van der Waals surface area contributed by atoms with Crippen molar-refractivity contribution in [3.05, 3.63) is 47.6 Å². The van der Waals surface area contributed by atoms with Gasteiger partial charge in [-0.05, 0) is 124 Å². The molecule has 0 radical (unpaired) electrons. The number of hydrogen-bond donors (Lipinski definition) is 0. The summed E-state index contributed by atoms with van der Waals surface area (Å²) in [6, 6.07) is 0. The van der Waals surface area contributed by atoms with Crippen LogP contribution in [-0.4, -0.2) is 60.0 Å². The minimum absolute atomic E-state index is 0.749. The average Bonchev–Trinajstić information content (AvgIpc) is 4.19. The lowest BCUT2D eigenvalue weighted by Gasteiger charge is -2.08. The third-order valence-corrected chi connectivity index (χ3v) is 14.3. The smallest absolute Gasteiger partial charge is 0.0725 e. The van der Waals surface area contributed by atoms with E-state index >= 15 is 0 Å². The zero-order chi connectivity index (χ0) is 56.4. The minimum Gasteiger partial charge on any atom is -0.249 e. The fourth-order valence-electron chi connectivity index (χ4n) is 9.22. The number of aromatic nitrogens is 12. The van der Waals surface area contributed by atoms with Gasteiger partial charge in [-0.25, -0.2) is 18.7 Å². The Morgan fingerprint density at radius 1 is 0.237 bits per heavy atom. The monoisotopic (exact) mass is 1060 g/mol. The van der Waals surface area contributed by atoms with Crippen molar-refractivity contribution in [3.63, 3.8) is 0 Å². The molecule has 4 aromatic rings. The highest BCUT2D eigenvalue weighted by Crippen LogP contribution is 2.17. The molecule has 12 heteroatoms. The van der Waals surface area contributed by atoms with Gasteiger partial charge in [0.05, 0.1) is 47.6 Å². The molecule has 0 aliphatic heterocycles. The Hall–Kier alpha value is -3.44. The summed E-state index contributed by atoms with van der Waals surface area (Å²) in [4.78, 5) is 0. The van der Waals surface area contributed by atoms with Crippen LogP contribution >= 0.6 is 0 Å². The molecule has 0 N–H and O–H groups in total. The summed E-state index contributed by atoms with van der Waals surface area (Å²) in [5, 5.41) is 33.1. The molecule has 0 aliphatic rings. The van der Waals surface area contributed by atoms with Crippen LogP contribution in [0.1, 0.15) is 288 Å². The number of nitrogens with zero attached hydrogens (tertiary/aromatic N) is 12. The molecule has 0 aromatic carbocycles. The minimum atomic E-state index is 0.749. The summed E-state index contributed by atoms with van der Waals surface area (Å²) in [6.07, 6.45) is 43.5. The summed E-state index contributed by atoms with van der Waals surface area (Å²) in [6.45, 7) is 40.7. The molecule has 440 valence electrons. The van der Waals surface area contributed by atoms with Crippen LogP contribution in [0.3, 0.4) is 0 Å². The normalized spacial score (nSPS) is 11.7. The van der Waals surface area contributed by atoms with Crippen molar-refractivity contribution in [1.82, 2.24) is 60.0 Å². The van der Waals surface area contributed by atoms with Crippen molar-refractivity contribution in [2.24, 2.45) is 47.3 Å². The Labute approximate surface area is 469 Å². The van der Waals surface area contributed by atoms with Crippen molar-refractivity contribution in [2.45, 2.75) is 317 Å². The molecule has 0 saturated carbocycles. The first kappa shape index (κ1) is 70.6. The molecule has 4 aromatic heterocycles. The van der Waals surface area contributed by atoms with Gasteiger partial charge >= 0.3 is 0 Å². The lowest BCUT2D eigenvalue weighted by Crippen LogP contribution is -2.06. The van der Waals surface area contributed by atoms with Gasteiger partial charge in [-0.3, -0.25) is 0 Å². The van der Waals surface area contributed by atoms with Gasteiger partial charge in [0, 0.05) is 26.2 Å². The highest BCUT2D eigenvalue weighted by molar-refractivity contribution is 4.96. The van der Waals surface area contributed by atoms with E-state index in [-0.39, 0.29) is 0 Å². The van der Waals surface area contributed by atoms with E-state index in [1.807, 2.05) is 24.8 Å². The van der Waals surface area contributed by atoms with Crippen LogP contribution < -0.4 is 0 Å². The van der Waals surface area contributed by atoms with Crippen molar-refractivity contribution >= 4 is 0 Å². The predicted octanol–water partition coefficient (Wildman–Crippen LogP) is 17.9. The van der Waals surface area contributed by atoms with Gasteiger partial charge in [-0.2, -0.15) is 0 Å². The Kier molecular flexibility index (Phi) is 42.2. The van der Waals surface area contributed by atoms with Gasteiger partial charge in [0.25, 0.3) is 0 Å². The van der Waals surface area contributed by atoms with Crippen LogP contribution in [0.4, 0.5) is 0 Å². The van der Waals surface area contributed by atoms with Gasteiger partial charge in [0.15, 0.2) is 0 Å². The molecule has 0 aliphatic carbocycles. The highest BCUT2D eigenvalue weighted by Gasteiger charge is 2.09. The van der Waals surface area contributed by atoms with E-state index < -0.39 is 0 Å². The molecule has 0 amide bonds. The van der Waals surface area contributed by atoms with Crippen molar-refractivity contribution in [3.8, 4) is 0 Å². The molecule has 0 saturated heterocycles. The Balaban J connectivity index is 0.000000507. The van der Waals surface area contributed by atoms with Gasteiger partial charge < -0.3 is 0 Å². The summed E-state index contributed by atoms with van der Waals surface area (Å²) in [7, 11) is 0. The van der Waals surface area contributed by atoms with Gasteiger partial charge in [-0.15, -0.1) is 20.4 Å². The zero-order valence-electron chi connectivity index (χ0n) is 52.9. The first-order valence-corrected chi connectivity index (χ1v) is 31.9. The fraction of sp³-hybridized carbons (Fsp3) is 0.875. The van der Waals surface area contributed by atoms with Gasteiger partial charge in [0.1, 0.15) is 0 Å². The number of aryl methyl sites for hydroxylation is 8.